The normalized spacial score (nSPS) is 22.9. The second kappa shape index (κ2) is 13.5. The molecule has 0 aromatic heterocycles. The highest BCUT2D eigenvalue weighted by molar-refractivity contribution is 5.91. The van der Waals surface area contributed by atoms with Crippen molar-refractivity contribution in [2.75, 3.05) is 13.1 Å². The number of amides is 4. The van der Waals surface area contributed by atoms with Crippen molar-refractivity contribution in [3.05, 3.63) is 35.4 Å². The summed E-state index contributed by atoms with van der Waals surface area (Å²) in [7, 11) is 0. The predicted octanol–water partition coefficient (Wildman–Crippen LogP) is 4.13. The van der Waals surface area contributed by atoms with Crippen LogP contribution in [0, 0.1) is 5.92 Å². The highest BCUT2D eigenvalue weighted by atomic mass is 16.6. The largest absolute Gasteiger partial charge is 0.444 e. The number of carbonyl (C=O) groups is 4. The Balaban J connectivity index is 1.65. The Morgan fingerprint density at radius 3 is 2.20 bits per heavy atom. The summed E-state index contributed by atoms with van der Waals surface area (Å²) in [4.78, 5) is 54.6. The number of hydrogen-bond donors (Lipinski definition) is 2. The van der Waals surface area contributed by atoms with Crippen LogP contribution in [-0.4, -0.2) is 70.4 Å². The lowest BCUT2D eigenvalue weighted by atomic mass is 9.86. The molecule has 0 spiro atoms. The summed E-state index contributed by atoms with van der Waals surface area (Å²) in [5, 5.41) is 2.84. The number of nitrogens with two attached hydrogens (primary N) is 1. The Labute approximate surface area is 239 Å². The van der Waals surface area contributed by atoms with Crippen molar-refractivity contribution in [1.82, 2.24) is 15.1 Å². The zero-order chi connectivity index (χ0) is 29.6. The first kappa shape index (κ1) is 31.4. The Bertz CT molecular complexity index is 1040. The first-order valence-corrected chi connectivity index (χ1v) is 14.8. The standard InChI is InChI=1S/C31H48N4O5/c1-7-8-26(36)34-17-15-24(16-18-34)23-13-11-22(12-14-23)19-25(28(32)37)33-29(38)27-20(2)9-10-21(3)35(27)30(39)40-31(4,5)6/h11-14,20-21,24-25,27H,7-10,15-19H2,1-6H3,(H2,32,37)(H,33,38)/t20-,21+,25+,27+/m1/s1. The highest BCUT2D eigenvalue weighted by Gasteiger charge is 2.43. The van der Waals surface area contributed by atoms with E-state index in [1.807, 2.05) is 37.8 Å². The number of nitrogens with zero attached hydrogens (tertiary/aromatic N) is 2. The molecule has 0 unspecified atom stereocenters. The van der Waals surface area contributed by atoms with Crippen molar-refractivity contribution in [3.8, 4) is 0 Å². The second-order valence-corrected chi connectivity index (χ2v) is 12.6. The maximum absolute atomic E-state index is 13.5. The Morgan fingerprint density at radius 1 is 1.02 bits per heavy atom. The van der Waals surface area contributed by atoms with Gasteiger partial charge in [-0.15, -0.1) is 0 Å². The Kier molecular flexibility index (Phi) is 10.6. The molecule has 9 nitrogen and oxygen atoms in total. The predicted molar refractivity (Wildman–Crippen MR) is 154 cm³/mol. The van der Waals surface area contributed by atoms with Gasteiger partial charge in [0.2, 0.25) is 17.7 Å². The quantitative estimate of drug-likeness (QED) is 0.499. The van der Waals surface area contributed by atoms with E-state index in [4.69, 9.17) is 10.5 Å². The number of piperidine rings is 2. The molecule has 2 fully saturated rings. The number of carbonyl (C=O) groups excluding carboxylic acids is 4. The molecule has 2 saturated heterocycles. The van der Waals surface area contributed by atoms with E-state index in [1.165, 1.54) is 10.5 Å². The Morgan fingerprint density at radius 2 is 1.65 bits per heavy atom. The fourth-order valence-electron chi connectivity index (χ4n) is 5.82. The molecule has 3 N–H and O–H groups in total. The summed E-state index contributed by atoms with van der Waals surface area (Å²) in [5.74, 6) is -0.487. The first-order chi connectivity index (χ1) is 18.8. The van der Waals surface area contributed by atoms with Gasteiger partial charge in [0.05, 0.1) is 0 Å². The summed E-state index contributed by atoms with van der Waals surface area (Å²) in [6.45, 7) is 12.8. The van der Waals surface area contributed by atoms with Gasteiger partial charge in [0.25, 0.3) is 0 Å². The molecular weight excluding hydrogens is 508 g/mol. The summed E-state index contributed by atoms with van der Waals surface area (Å²) in [5.41, 5.74) is 7.12. The Hall–Kier alpha value is -3.10. The number of ether oxygens (including phenoxy) is 1. The van der Waals surface area contributed by atoms with Gasteiger partial charge in [-0.2, -0.15) is 0 Å². The molecule has 2 heterocycles. The monoisotopic (exact) mass is 556 g/mol. The van der Waals surface area contributed by atoms with E-state index in [0.717, 1.165) is 50.8 Å². The zero-order valence-electron chi connectivity index (χ0n) is 25.1. The van der Waals surface area contributed by atoms with Crippen LogP contribution < -0.4 is 11.1 Å². The third-order valence-electron chi connectivity index (χ3n) is 8.09. The SMILES string of the molecule is CCCC(=O)N1CCC(c2ccc(C[C@H](NC(=O)[C@@H]3[C@H](C)CC[C@H](C)N3C(=O)OC(C)(C)C)C(N)=O)cc2)CC1. The molecule has 222 valence electrons. The van der Waals surface area contributed by atoms with Crippen LogP contribution >= 0.6 is 0 Å². The molecule has 0 aliphatic carbocycles. The van der Waals surface area contributed by atoms with Gasteiger partial charge < -0.3 is 20.7 Å². The smallest absolute Gasteiger partial charge is 0.411 e. The minimum atomic E-state index is -0.906. The molecule has 1 aromatic carbocycles. The fourth-order valence-corrected chi connectivity index (χ4v) is 5.82. The first-order valence-electron chi connectivity index (χ1n) is 14.8. The number of nitrogens with one attached hydrogen (secondary N) is 1. The minimum absolute atomic E-state index is 0.0970. The van der Waals surface area contributed by atoms with Gasteiger partial charge in [-0.05, 0) is 82.8 Å². The number of rotatable bonds is 8. The van der Waals surface area contributed by atoms with E-state index in [-0.39, 0.29) is 24.3 Å². The van der Waals surface area contributed by atoms with Crippen molar-refractivity contribution < 1.29 is 23.9 Å². The van der Waals surface area contributed by atoms with E-state index >= 15 is 0 Å². The lowest BCUT2D eigenvalue weighted by Crippen LogP contribution is -2.61. The molecule has 2 aliphatic heterocycles. The third-order valence-corrected chi connectivity index (χ3v) is 8.09. The third kappa shape index (κ3) is 8.21. The molecule has 0 bridgehead atoms. The van der Waals surface area contributed by atoms with Crippen molar-refractivity contribution >= 4 is 23.8 Å². The van der Waals surface area contributed by atoms with E-state index in [9.17, 15) is 19.2 Å². The molecule has 0 radical (unpaired) electrons. The van der Waals surface area contributed by atoms with Crippen LogP contribution in [0.5, 0.6) is 0 Å². The van der Waals surface area contributed by atoms with Gasteiger partial charge in [0.15, 0.2) is 0 Å². The summed E-state index contributed by atoms with van der Waals surface area (Å²) < 4.78 is 5.61. The summed E-state index contributed by atoms with van der Waals surface area (Å²) in [6, 6.07) is 6.26. The number of hydrogen-bond acceptors (Lipinski definition) is 5. The van der Waals surface area contributed by atoms with Crippen LogP contribution in [0.25, 0.3) is 0 Å². The van der Waals surface area contributed by atoms with E-state index in [1.54, 1.807) is 20.8 Å². The number of benzene rings is 1. The van der Waals surface area contributed by atoms with E-state index < -0.39 is 35.6 Å². The van der Waals surface area contributed by atoms with Gasteiger partial charge in [-0.1, -0.05) is 38.1 Å². The topological polar surface area (TPSA) is 122 Å². The molecule has 4 atom stereocenters. The number of likely N-dealkylation sites (tertiary alicyclic amines) is 2. The van der Waals surface area contributed by atoms with Crippen LogP contribution in [0.15, 0.2) is 24.3 Å². The summed E-state index contributed by atoms with van der Waals surface area (Å²) >= 11 is 0. The molecular formula is C31H48N4O5. The maximum atomic E-state index is 13.5. The van der Waals surface area contributed by atoms with Gasteiger partial charge >= 0.3 is 6.09 Å². The molecule has 9 heteroatoms. The van der Waals surface area contributed by atoms with Crippen LogP contribution in [0.4, 0.5) is 4.79 Å². The fraction of sp³-hybridized carbons (Fsp3) is 0.677. The second-order valence-electron chi connectivity index (χ2n) is 12.6. The summed E-state index contributed by atoms with van der Waals surface area (Å²) in [6.07, 6.45) is 4.62. The van der Waals surface area contributed by atoms with Crippen molar-refractivity contribution in [2.24, 2.45) is 11.7 Å². The molecule has 40 heavy (non-hydrogen) atoms. The van der Waals surface area contributed by atoms with Gasteiger partial charge in [-0.25, -0.2) is 4.79 Å². The molecule has 0 saturated carbocycles. The van der Waals surface area contributed by atoms with Gasteiger partial charge in [-0.3, -0.25) is 19.3 Å². The lowest BCUT2D eigenvalue weighted by Gasteiger charge is -2.43. The number of primary amides is 1. The maximum Gasteiger partial charge on any atom is 0.411 e. The van der Waals surface area contributed by atoms with Crippen molar-refractivity contribution in [2.45, 2.75) is 116 Å². The zero-order valence-corrected chi connectivity index (χ0v) is 25.1. The molecule has 3 rings (SSSR count). The van der Waals surface area contributed by atoms with E-state index in [2.05, 4.69) is 17.4 Å². The minimum Gasteiger partial charge on any atom is -0.444 e. The average molecular weight is 557 g/mol. The van der Waals surface area contributed by atoms with Crippen LogP contribution in [0.3, 0.4) is 0 Å². The van der Waals surface area contributed by atoms with Crippen LogP contribution in [-0.2, 0) is 25.5 Å². The van der Waals surface area contributed by atoms with Crippen molar-refractivity contribution in [3.63, 3.8) is 0 Å². The highest BCUT2D eigenvalue weighted by Crippen LogP contribution is 2.31. The molecule has 2 aliphatic rings. The van der Waals surface area contributed by atoms with Crippen molar-refractivity contribution in [1.29, 1.82) is 0 Å². The van der Waals surface area contributed by atoms with Gasteiger partial charge in [0, 0.05) is 32.0 Å². The van der Waals surface area contributed by atoms with Gasteiger partial charge in [0.1, 0.15) is 17.7 Å². The molecule has 4 amide bonds. The molecule has 1 aromatic rings. The van der Waals surface area contributed by atoms with E-state index in [0.29, 0.717) is 12.3 Å². The van der Waals surface area contributed by atoms with Crippen LogP contribution in [0.2, 0.25) is 0 Å². The van der Waals surface area contributed by atoms with Crippen LogP contribution in [0.1, 0.15) is 97.1 Å². The lowest BCUT2D eigenvalue weighted by molar-refractivity contribution is -0.134. The average Bonchev–Trinajstić information content (AvgIpc) is 2.89.